The SMILES string of the molecule is CNC(Cc1cccc(Cl)c1Cl)c1ccn(C)n1. The zero-order valence-electron chi connectivity index (χ0n) is 10.3. The van der Waals surface area contributed by atoms with Crippen molar-refractivity contribution in [1.29, 1.82) is 0 Å². The van der Waals surface area contributed by atoms with Gasteiger partial charge < -0.3 is 5.32 Å². The Hall–Kier alpha value is -1.03. The Kier molecular flexibility index (Phi) is 4.27. The minimum atomic E-state index is 0.127. The molecule has 2 aromatic rings. The van der Waals surface area contributed by atoms with Crippen LogP contribution in [0.5, 0.6) is 0 Å². The molecule has 0 spiro atoms. The highest BCUT2D eigenvalue weighted by molar-refractivity contribution is 6.42. The molecule has 3 nitrogen and oxygen atoms in total. The van der Waals surface area contributed by atoms with Crippen LogP contribution in [0.3, 0.4) is 0 Å². The van der Waals surface area contributed by atoms with Crippen LogP contribution in [-0.2, 0) is 13.5 Å². The molecule has 0 saturated heterocycles. The van der Waals surface area contributed by atoms with Gasteiger partial charge in [0.05, 0.1) is 21.8 Å². The second-order valence-electron chi connectivity index (χ2n) is 4.17. The van der Waals surface area contributed by atoms with Crippen LogP contribution in [0.4, 0.5) is 0 Å². The molecule has 0 saturated carbocycles. The van der Waals surface area contributed by atoms with Crippen LogP contribution in [-0.4, -0.2) is 16.8 Å². The van der Waals surface area contributed by atoms with Crippen molar-refractivity contribution in [3.8, 4) is 0 Å². The van der Waals surface area contributed by atoms with E-state index in [0.29, 0.717) is 10.0 Å². The van der Waals surface area contributed by atoms with Gasteiger partial charge in [-0.05, 0) is 31.2 Å². The van der Waals surface area contributed by atoms with Crippen molar-refractivity contribution in [1.82, 2.24) is 15.1 Å². The van der Waals surface area contributed by atoms with Crippen molar-refractivity contribution in [3.05, 3.63) is 51.8 Å². The van der Waals surface area contributed by atoms with Crippen molar-refractivity contribution in [2.75, 3.05) is 7.05 Å². The predicted octanol–water partition coefficient (Wildman–Crippen LogP) is 3.23. The summed E-state index contributed by atoms with van der Waals surface area (Å²) in [5, 5.41) is 8.87. The van der Waals surface area contributed by atoms with E-state index in [1.165, 1.54) is 0 Å². The van der Waals surface area contributed by atoms with Crippen LogP contribution >= 0.6 is 23.2 Å². The average molecular weight is 284 g/mol. The summed E-state index contributed by atoms with van der Waals surface area (Å²) in [6.45, 7) is 0. The highest BCUT2D eigenvalue weighted by atomic mass is 35.5. The average Bonchev–Trinajstić information content (AvgIpc) is 2.78. The predicted molar refractivity (Wildman–Crippen MR) is 75.2 cm³/mol. The van der Waals surface area contributed by atoms with E-state index in [9.17, 15) is 0 Å². The van der Waals surface area contributed by atoms with E-state index in [1.54, 1.807) is 10.7 Å². The lowest BCUT2D eigenvalue weighted by Gasteiger charge is -2.15. The Morgan fingerprint density at radius 1 is 1.33 bits per heavy atom. The van der Waals surface area contributed by atoms with E-state index in [1.807, 2.05) is 38.5 Å². The first kappa shape index (κ1) is 13.4. The van der Waals surface area contributed by atoms with Crippen LogP contribution < -0.4 is 5.32 Å². The lowest BCUT2D eigenvalue weighted by molar-refractivity contribution is 0.563. The number of rotatable bonds is 4. The Morgan fingerprint density at radius 3 is 2.72 bits per heavy atom. The molecule has 0 amide bonds. The third-order valence-electron chi connectivity index (χ3n) is 2.90. The number of nitrogens with zero attached hydrogens (tertiary/aromatic N) is 2. The molecule has 0 aliphatic rings. The maximum Gasteiger partial charge on any atom is 0.0797 e. The summed E-state index contributed by atoms with van der Waals surface area (Å²) in [5.74, 6) is 0. The first-order chi connectivity index (χ1) is 8.61. The smallest absolute Gasteiger partial charge is 0.0797 e. The summed E-state index contributed by atoms with van der Waals surface area (Å²) in [5.41, 5.74) is 2.02. The largest absolute Gasteiger partial charge is 0.311 e. The highest BCUT2D eigenvalue weighted by Gasteiger charge is 2.15. The van der Waals surface area contributed by atoms with E-state index in [2.05, 4.69) is 10.4 Å². The fourth-order valence-electron chi connectivity index (χ4n) is 1.90. The van der Waals surface area contributed by atoms with Gasteiger partial charge in [-0.25, -0.2) is 0 Å². The Morgan fingerprint density at radius 2 is 2.11 bits per heavy atom. The Balaban J connectivity index is 2.23. The molecule has 0 bridgehead atoms. The maximum atomic E-state index is 6.20. The monoisotopic (exact) mass is 283 g/mol. The maximum absolute atomic E-state index is 6.20. The first-order valence-electron chi connectivity index (χ1n) is 5.71. The van der Waals surface area contributed by atoms with Gasteiger partial charge in [-0.1, -0.05) is 35.3 Å². The molecule has 0 aliphatic carbocycles. The fraction of sp³-hybridized carbons (Fsp3) is 0.308. The minimum Gasteiger partial charge on any atom is -0.311 e. The number of likely N-dealkylation sites (N-methyl/N-ethyl adjacent to an activating group) is 1. The number of aryl methyl sites for hydroxylation is 1. The van der Waals surface area contributed by atoms with Gasteiger partial charge in [-0.15, -0.1) is 0 Å². The molecule has 0 fully saturated rings. The Labute approximate surface area is 117 Å². The summed E-state index contributed by atoms with van der Waals surface area (Å²) in [6, 6.07) is 7.82. The van der Waals surface area contributed by atoms with Crippen molar-refractivity contribution in [2.45, 2.75) is 12.5 Å². The third kappa shape index (κ3) is 2.86. The number of hydrogen-bond donors (Lipinski definition) is 1. The molecular weight excluding hydrogens is 269 g/mol. The van der Waals surface area contributed by atoms with Gasteiger partial charge in [0.25, 0.3) is 0 Å². The highest BCUT2D eigenvalue weighted by Crippen LogP contribution is 2.28. The summed E-state index contributed by atoms with van der Waals surface area (Å²) in [4.78, 5) is 0. The van der Waals surface area contributed by atoms with Crippen molar-refractivity contribution < 1.29 is 0 Å². The van der Waals surface area contributed by atoms with Crippen molar-refractivity contribution in [2.24, 2.45) is 7.05 Å². The summed E-state index contributed by atoms with van der Waals surface area (Å²) >= 11 is 12.2. The lowest BCUT2D eigenvalue weighted by atomic mass is 10.0. The quantitative estimate of drug-likeness (QED) is 0.934. The van der Waals surface area contributed by atoms with Gasteiger partial charge in [-0.3, -0.25) is 4.68 Å². The fourth-order valence-corrected chi connectivity index (χ4v) is 2.30. The molecule has 1 atom stereocenters. The molecule has 1 N–H and O–H groups in total. The molecule has 0 radical (unpaired) electrons. The number of halogens is 2. The minimum absolute atomic E-state index is 0.127. The van der Waals surface area contributed by atoms with Gasteiger partial charge in [-0.2, -0.15) is 5.10 Å². The van der Waals surface area contributed by atoms with E-state index < -0.39 is 0 Å². The van der Waals surface area contributed by atoms with Crippen molar-refractivity contribution in [3.63, 3.8) is 0 Å². The number of nitrogens with one attached hydrogen (secondary N) is 1. The number of aromatic nitrogens is 2. The van der Waals surface area contributed by atoms with E-state index in [0.717, 1.165) is 17.7 Å². The number of hydrogen-bond acceptors (Lipinski definition) is 2. The third-order valence-corrected chi connectivity index (χ3v) is 3.75. The second kappa shape index (κ2) is 5.74. The molecule has 1 aromatic heterocycles. The van der Waals surface area contributed by atoms with Crippen LogP contribution in [0.2, 0.25) is 10.0 Å². The molecule has 0 aliphatic heterocycles. The molecule has 96 valence electrons. The summed E-state index contributed by atoms with van der Waals surface area (Å²) in [6.07, 6.45) is 2.69. The van der Waals surface area contributed by atoms with Crippen LogP contribution in [0.1, 0.15) is 17.3 Å². The lowest BCUT2D eigenvalue weighted by Crippen LogP contribution is -2.19. The molecule has 1 aromatic carbocycles. The van der Waals surface area contributed by atoms with Crippen LogP contribution in [0, 0.1) is 0 Å². The molecule has 5 heteroatoms. The van der Waals surface area contributed by atoms with Gasteiger partial charge in [0.2, 0.25) is 0 Å². The summed E-state index contributed by atoms with van der Waals surface area (Å²) < 4.78 is 1.79. The zero-order chi connectivity index (χ0) is 13.1. The first-order valence-corrected chi connectivity index (χ1v) is 6.47. The van der Waals surface area contributed by atoms with E-state index >= 15 is 0 Å². The topological polar surface area (TPSA) is 29.9 Å². The number of benzene rings is 1. The van der Waals surface area contributed by atoms with Gasteiger partial charge in [0, 0.05) is 13.2 Å². The molecular formula is C13H15Cl2N3. The van der Waals surface area contributed by atoms with Gasteiger partial charge >= 0.3 is 0 Å². The van der Waals surface area contributed by atoms with Gasteiger partial charge in [0.1, 0.15) is 0 Å². The second-order valence-corrected chi connectivity index (χ2v) is 4.96. The normalized spacial score (nSPS) is 12.7. The van der Waals surface area contributed by atoms with Crippen LogP contribution in [0.25, 0.3) is 0 Å². The molecule has 1 unspecified atom stereocenters. The molecule has 1 heterocycles. The van der Waals surface area contributed by atoms with Crippen LogP contribution in [0.15, 0.2) is 30.5 Å². The molecule has 2 rings (SSSR count). The Bertz CT molecular complexity index is 537. The van der Waals surface area contributed by atoms with Gasteiger partial charge in [0.15, 0.2) is 0 Å². The van der Waals surface area contributed by atoms with E-state index in [4.69, 9.17) is 23.2 Å². The standard InChI is InChI=1S/C13H15Cl2N3/c1-16-12(11-6-7-18(2)17-11)8-9-4-3-5-10(14)13(9)15/h3-7,12,16H,8H2,1-2H3. The van der Waals surface area contributed by atoms with Crippen molar-refractivity contribution >= 4 is 23.2 Å². The zero-order valence-corrected chi connectivity index (χ0v) is 11.8. The molecule has 18 heavy (non-hydrogen) atoms. The van der Waals surface area contributed by atoms with E-state index in [-0.39, 0.29) is 6.04 Å². The summed E-state index contributed by atoms with van der Waals surface area (Å²) in [7, 11) is 3.82.